The maximum atomic E-state index is 11.8. The number of aromatic nitrogens is 3. The van der Waals surface area contributed by atoms with Gasteiger partial charge in [-0.1, -0.05) is 36.4 Å². The molecular formula is C21H20BN5O3. The Bertz CT molecular complexity index is 1220. The second-order valence-electron chi connectivity index (χ2n) is 6.91. The molecule has 9 heteroatoms. The predicted molar refractivity (Wildman–Crippen MR) is 116 cm³/mol. The predicted octanol–water partition coefficient (Wildman–Crippen LogP) is 1.12. The summed E-state index contributed by atoms with van der Waals surface area (Å²) in [6.45, 7) is 2.33. The van der Waals surface area contributed by atoms with Crippen molar-refractivity contribution in [1.29, 1.82) is 0 Å². The van der Waals surface area contributed by atoms with Crippen LogP contribution in [0.2, 0.25) is 0 Å². The van der Waals surface area contributed by atoms with Crippen LogP contribution in [-0.4, -0.2) is 37.6 Å². The van der Waals surface area contributed by atoms with E-state index in [1.54, 1.807) is 16.7 Å². The van der Waals surface area contributed by atoms with E-state index in [4.69, 9.17) is 5.73 Å². The Morgan fingerprint density at radius 1 is 1.17 bits per heavy atom. The Labute approximate surface area is 173 Å². The largest absolute Gasteiger partial charge is 0.493 e. The van der Waals surface area contributed by atoms with Crippen molar-refractivity contribution in [2.75, 3.05) is 5.32 Å². The minimum Gasteiger partial charge on any atom is -0.423 e. The molecule has 0 atom stereocenters. The Balaban J connectivity index is 1.79. The number of aryl methyl sites for hydroxylation is 1. The second-order valence-corrected chi connectivity index (χ2v) is 6.91. The number of hydrogen-bond donors (Lipinski definition) is 4. The van der Waals surface area contributed by atoms with E-state index < -0.39 is 13.0 Å². The number of benzene rings is 2. The van der Waals surface area contributed by atoms with E-state index in [0.29, 0.717) is 29.3 Å². The van der Waals surface area contributed by atoms with Crippen LogP contribution in [0.15, 0.2) is 60.8 Å². The van der Waals surface area contributed by atoms with Crippen molar-refractivity contribution in [3.8, 4) is 5.95 Å². The van der Waals surface area contributed by atoms with Crippen molar-refractivity contribution in [2.24, 2.45) is 5.73 Å². The van der Waals surface area contributed by atoms with Gasteiger partial charge in [0.1, 0.15) is 5.82 Å². The van der Waals surface area contributed by atoms with Crippen LogP contribution in [0.3, 0.4) is 0 Å². The summed E-state index contributed by atoms with van der Waals surface area (Å²) in [7, 11) is -1.72. The molecule has 0 fully saturated rings. The molecule has 2 heterocycles. The summed E-state index contributed by atoms with van der Waals surface area (Å²) in [6, 6.07) is 16.8. The highest BCUT2D eigenvalue weighted by molar-refractivity contribution is 6.60. The lowest BCUT2D eigenvalue weighted by Crippen LogP contribution is -2.34. The van der Waals surface area contributed by atoms with Crippen molar-refractivity contribution < 1.29 is 14.8 Å². The summed E-state index contributed by atoms with van der Waals surface area (Å²) in [5.74, 6) is 0.137. The third-order valence-corrected chi connectivity index (χ3v) is 4.88. The average Bonchev–Trinajstić information content (AvgIpc) is 3.08. The zero-order valence-electron chi connectivity index (χ0n) is 16.3. The fraction of sp³-hybridized carbons (Fsp3) is 0.0952. The van der Waals surface area contributed by atoms with Crippen molar-refractivity contribution in [3.05, 3.63) is 77.6 Å². The lowest BCUT2D eigenvalue weighted by molar-refractivity contribution is 0.100. The third kappa shape index (κ3) is 3.63. The van der Waals surface area contributed by atoms with E-state index >= 15 is 0 Å². The summed E-state index contributed by atoms with van der Waals surface area (Å²) < 4.78 is 1.79. The first kappa shape index (κ1) is 19.6. The van der Waals surface area contributed by atoms with E-state index in [0.717, 1.165) is 16.8 Å². The van der Waals surface area contributed by atoms with Gasteiger partial charge < -0.3 is 21.1 Å². The highest BCUT2D eigenvalue weighted by Gasteiger charge is 2.21. The molecule has 0 aliphatic rings. The molecule has 0 radical (unpaired) electrons. The zero-order chi connectivity index (χ0) is 21.3. The number of carbonyl (C=O) groups is 1. The second kappa shape index (κ2) is 7.98. The fourth-order valence-electron chi connectivity index (χ4n) is 3.45. The van der Waals surface area contributed by atoms with Crippen LogP contribution in [-0.2, 0) is 6.54 Å². The maximum Gasteiger partial charge on any atom is 0.493 e. The standard InChI is InChI=1S/C21H20BN5O3/c1-13-10-16-15(19(23)28)8-5-9-18(16)27(13)21-25-12-17(22(29)30)20(26-21)24-11-14-6-3-2-4-7-14/h2-10,12,29-30H,11H2,1H3,(H2,23,28)(H,24,25,26). The van der Waals surface area contributed by atoms with Crippen LogP contribution in [0.5, 0.6) is 0 Å². The number of nitrogens with one attached hydrogen (secondary N) is 1. The van der Waals surface area contributed by atoms with E-state index in [1.165, 1.54) is 6.20 Å². The van der Waals surface area contributed by atoms with Crippen LogP contribution in [0.25, 0.3) is 16.9 Å². The summed E-state index contributed by atoms with van der Waals surface area (Å²) in [4.78, 5) is 20.6. The zero-order valence-corrected chi connectivity index (χ0v) is 16.3. The minimum absolute atomic E-state index is 0.168. The SMILES string of the molecule is Cc1cc2c(C(N)=O)cccc2n1-c1ncc(B(O)O)c(NCc2ccccc2)n1. The first-order valence-electron chi connectivity index (χ1n) is 9.38. The topological polar surface area (TPSA) is 126 Å². The fourth-order valence-corrected chi connectivity index (χ4v) is 3.45. The van der Waals surface area contributed by atoms with E-state index in [1.807, 2.05) is 49.4 Å². The van der Waals surface area contributed by atoms with Gasteiger partial charge in [0.05, 0.1) is 5.52 Å². The number of nitrogens with two attached hydrogens (primary N) is 1. The van der Waals surface area contributed by atoms with Gasteiger partial charge in [0.15, 0.2) is 0 Å². The molecule has 30 heavy (non-hydrogen) atoms. The van der Waals surface area contributed by atoms with Crippen molar-refractivity contribution in [1.82, 2.24) is 14.5 Å². The molecule has 2 aromatic heterocycles. The van der Waals surface area contributed by atoms with Crippen LogP contribution < -0.4 is 16.5 Å². The van der Waals surface area contributed by atoms with Gasteiger partial charge in [-0.15, -0.1) is 0 Å². The van der Waals surface area contributed by atoms with E-state index in [-0.39, 0.29) is 5.46 Å². The lowest BCUT2D eigenvalue weighted by atomic mass is 9.81. The highest BCUT2D eigenvalue weighted by atomic mass is 16.4. The molecule has 0 aliphatic heterocycles. The molecule has 0 spiro atoms. The number of rotatable bonds is 6. The van der Waals surface area contributed by atoms with E-state index in [9.17, 15) is 14.8 Å². The quantitative estimate of drug-likeness (QED) is 0.359. The van der Waals surface area contributed by atoms with Gasteiger partial charge >= 0.3 is 7.12 Å². The van der Waals surface area contributed by atoms with Crippen molar-refractivity contribution >= 4 is 35.2 Å². The first-order chi connectivity index (χ1) is 14.5. The molecule has 4 rings (SSSR count). The number of amides is 1. The smallest absolute Gasteiger partial charge is 0.423 e. The number of carbonyl (C=O) groups excluding carboxylic acids is 1. The van der Waals surface area contributed by atoms with Crippen LogP contribution in [0.1, 0.15) is 21.6 Å². The van der Waals surface area contributed by atoms with Crippen LogP contribution in [0.4, 0.5) is 5.82 Å². The molecule has 1 amide bonds. The monoisotopic (exact) mass is 401 g/mol. The molecule has 0 bridgehead atoms. The molecule has 4 aromatic rings. The average molecular weight is 401 g/mol. The molecule has 0 saturated carbocycles. The summed E-state index contributed by atoms with van der Waals surface area (Å²) in [5, 5.41) is 23.3. The van der Waals surface area contributed by atoms with Gasteiger partial charge in [-0.2, -0.15) is 4.98 Å². The van der Waals surface area contributed by atoms with Crippen molar-refractivity contribution in [2.45, 2.75) is 13.5 Å². The third-order valence-electron chi connectivity index (χ3n) is 4.88. The molecule has 0 saturated heterocycles. The molecule has 0 aliphatic carbocycles. The Kier molecular flexibility index (Phi) is 5.22. The Morgan fingerprint density at radius 2 is 1.93 bits per heavy atom. The van der Waals surface area contributed by atoms with Crippen molar-refractivity contribution in [3.63, 3.8) is 0 Å². The number of fused-ring (bicyclic) bond motifs is 1. The van der Waals surface area contributed by atoms with Crippen LogP contribution in [0, 0.1) is 6.92 Å². The summed E-state index contributed by atoms with van der Waals surface area (Å²) in [6.07, 6.45) is 1.38. The Morgan fingerprint density at radius 3 is 2.63 bits per heavy atom. The summed E-state index contributed by atoms with van der Waals surface area (Å²) in [5.41, 5.74) is 8.65. The number of nitrogens with zero attached hydrogens (tertiary/aromatic N) is 3. The molecular weight excluding hydrogens is 381 g/mol. The molecule has 2 aromatic carbocycles. The number of anilines is 1. The van der Waals surface area contributed by atoms with E-state index in [2.05, 4.69) is 15.3 Å². The minimum atomic E-state index is -1.72. The van der Waals surface area contributed by atoms with Gasteiger partial charge in [-0.25, -0.2) is 4.98 Å². The lowest BCUT2D eigenvalue weighted by Gasteiger charge is -2.14. The molecule has 5 N–H and O–H groups in total. The van der Waals surface area contributed by atoms with Crippen LogP contribution >= 0.6 is 0 Å². The number of primary amides is 1. The van der Waals surface area contributed by atoms with Gasteiger partial charge in [-0.05, 0) is 30.7 Å². The maximum absolute atomic E-state index is 11.8. The van der Waals surface area contributed by atoms with Gasteiger partial charge in [0.25, 0.3) is 0 Å². The summed E-state index contributed by atoms with van der Waals surface area (Å²) >= 11 is 0. The van der Waals surface area contributed by atoms with Gasteiger partial charge in [0, 0.05) is 34.8 Å². The Hall–Kier alpha value is -3.69. The molecule has 0 unspecified atom stereocenters. The molecule has 150 valence electrons. The molecule has 8 nitrogen and oxygen atoms in total. The van der Waals surface area contributed by atoms with Gasteiger partial charge in [-0.3, -0.25) is 9.36 Å². The first-order valence-corrected chi connectivity index (χ1v) is 9.38. The number of hydrogen-bond acceptors (Lipinski definition) is 6. The van der Waals surface area contributed by atoms with Gasteiger partial charge in [0.2, 0.25) is 11.9 Å². The normalized spacial score (nSPS) is 10.9. The highest BCUT2D eigenvalue weighted by Crippen LogP contribution is 2.25.